The minimum atomic E-state index is -0.988. The molecular weight excluding hydrogens is 398 g/mol. The number of thioether (sulfide) groups is 1. The first kappa shape index (κ1) is 22.2. The molecule has 1 amide bonds. The fourth-order valence-corrected chi connectivity index (χ4v) is 4.62. The number of carbonyl (C=O) groups is 2. The van der Waals surface area contributed by atoms with E-state index in [9.17, 15) is 14.7 Å². The third kappa shape index (κ3) is 4.64. The maximum Gasteiger partial charge on any atom is 0.410 e. The van der Waals surface area contributed by atoms with Gasteiger partial charge in [0.05, 0.1) is 0 Å². The van der Waals surface area contributed by atoms with Crippen LogP contribution in [0.1, 0.15) is 43.7 Å². The van der Waals surface area contributed by atoms with Crippen LogP contribution < -0.4 is 0 Å². The summed E-state index contributed by atoms with van der Waals surface area (Å²) in [6, 6.07) is 15.2. The molecule has 0 saturated heterocycles. The van der Waals surface area contributed by atoms with E-state index < -0.39 is 18.1 Å². The lowest BCUT2D eigenvalue weighted by molar-refractivity contribution is -0.143. The molecule has 1 aliphatic rings. The Morgan fingerprint density at radius 2 is 1.63 bits per heavy atom. The summed E-state index contributed by atoms with van der Waals surface area (Å²) >= 11 is 1.67. The van der Waals surface area contributed by atoms with Gasteiger partial charge in [0.25, 0.3) is 0 Å². The molecule has 1 aliphatic carbocycles. The number of ether oxygens (including phenoxy) is 1. The van der Waals surface area contributed by atoms with Gasteiger partial charge in [-0.2, -0.15) is 11.8 Å². The van der Waals surface area contributed by atoms with E-state index in [-0.39, 0.29) is 18.6 Å². The van der Waals surface area contributed by atoms with Gasteiger partial charge >= 0.3 is 12.1 Å². The summed E-state index contributed by atoms with van der Waals surface area (Å²) in [6.07, 6.45) is 2.57. The van der Waals surface area contributed by atoms with Crippen molar-refractivity contribution in [3.05, 3.63) is 59.7 Å². The van der Waals surface area contributed by atoms with Gasteiger partial charge in [-0.15, -0.1) is 0 Å². The van der Waals surface area contributed by atoms with Gasteiger partial charge in [-0.05, 0) is 61.0 Å². The first-order valence-electron chi connectivity index (χ1n) is 10.3. The van der Waals surface area contributed by atoms with Gasteiger partial charge < -0.3 is 9.84 Å². The van der Waals surface area contributed by atoms with E-state index in [0.29, 0.717) is 6.42 Å². The van der Waals surface area contributed by atoms with Crippen molar-refractivity contribution < 1.29 is 19.4 Å². The zero-order chi connectivity index (χ0) is 21.7. The molecule has 1 atom stereocenters. The van der Waals surface area contributed by atoms with Gasteiger partial charge in [0, 0.05) is 12.0 Å². The molecule has 1 unspecified atom stereocenters. The van der Waals surface area contributed by atoms with Crippen LogP contribution in [-0.4, -0.2) is 52.8 Å². The number of aliphatic carboxylic acids is 1. The largest absolute Gasteiger partial charge is 0.480 e. The summed E-state index contributed by atoms with van der Waals surface area (Å²) in [5.41, 5.74) is 4.60. The van der Waals surface area contributed by atoms with E-state index in [0.717, 1.165) is 34.4 Å². The molecule has 5 nitrogen and oxygen atoms in total. The van der Waals surface area contributed by atoms with Gasteiger partial charge in [0.1, 0.15) is 12.6 Å². The SMILES string of the molecule is CSCCCC(C(=O)O)N(C(=O)OCC1c2ccccc2-c2ccccc21)C(C)C. The lowest BCUT2D eigenvalue weighted by atomic mass is 9.98. The van der Waals surface area contributed by atoms with E-state index in [1.54, 1.807) is 11.8 Å². The van der Waals surface area contributed by atoms with Crippen molar-refractivity contribution in [2.75, 3.05) is 18.6 Å². The minimum Gasteiger partial charge on any atom is -0.480 e. The zero-order valence-corrected chi connectivity index (χ0v) is 18.5. The smallest absolute Gasteiger partial charge is 0.410 e. The van der Waals surface area contributed by atoms with Gasteiger partial charge in [-0.3, -0.25) is 4.90 Å². The molecule has 3 rings (SSSR count). The van der Waals surface area contributed by atoms with E-state index in [2.05, 4.69) is 24.3 Å². The zero-order valence-electron chi connectivity index (χ0n) is 17.7. The summed E-state index contributed by atoms with van der Waals surface area (Å²) in [5.74, 6) is -0.172. The molecule has 0 heterocycles. The van der Waals surface area contributed by atoms with Crippen molar-refractivity contribution in [1.29, 1.82) is 0 Å². The lowest BCUT2D eigenvalue weighted by Crippen LogP contribution is -2.49. The normalized spacial score (nSPS) is 13.6. The standard InChI is InChI=1S/C24H29NO4S/c1-16(2)25(22(23(26)27)13-8-14-30-3)24(28)29-15-21-19-11-6-4-9-17(19)18-10-5-7-12-20(18)21/h4-7,9-12,16,21-22H,8,13-15H2,1-3H3,(H,26,27). The Kier molecular flexibility index (Phi) is 7.43. The molecule has 0 radical (unpaired) electrons. The predicted molar refractivity (Wildman–Crippen MR) is 121 cm³/mol. The molecule has 0 bridgehead atoms. The van der Waals surface area contributed by atoms with Crippen molar-refractivity contribution in [1.82, 2.24) is 4.90 Å². The second kappa shape index (κ2) is 10.0. The second-order valence-corrected chi connectivity index (χ2v) is 8.78. The van der Waals surface area contributed by atoms with E-state index >= 15 is 0 Å². The second-order valence-electron chi connectivity index (χ2n) is 7.79. The molecule has 0 saturated carbocycles. The number of nitrogens with zero attached hydrogens (tertiary/aromatic N) is 1. The average Bonchev–Trinajstić information content (AvgIpc) is 3.05. The number of carbonyl (C=O) groups excluding carboxylic acids is 1. The Balaban J connectivity index is 1.76. The molecule has 2 aromatic carbocycles. The van der Waals surface area contributed by atoms with Crippen LogP contribution in [0.4, 0.5) is 4.79 Å². The van der Waals surface area contributed by atoms with E-state index in [4.69, 9.17) is 4.74 Å². The number of carboxylic acids is 1. The molecular formula is C24H29NO4S. The quantitative estimate of drug-likeness (QED) is 0.554. The van der Waals surface area contributed by atoms with Gasteiger partial charge in [-0.1, -0.05) is 48.5 Å². The Morgan fingerprint density at radius 1 is 1.07 bits per heavy atom. The number of amides is 1. The topological polar surface area (TPSA) is 66.8 Å². The first-order valence-corrected chi connectivity index (χ1v) is 11.7. The number of fused-ring (bicyclic) bond motifs is 3. The van der Waals surface area contributed by atoms with Crippen LogP contribution in [0.15, 0.2) is 48.5 Å². The monoisotopic (exact) mass is 427 g/mol. The van der Waals surface area contributed by atoms with Crippen molar-refractivity contribution in [2.24, 2.45) is 0 Å². The maximum atomic E-state index is 13.0. The molecule has 6 heteroatoms. The van der Waals surface area contributed by atoms with Crippen molar-refractivity contribution in [2.45, 2.75) is 44.7 Å². The molecule has 0 aliphatic heterocycles. The number of carboxylic acid groups (broad SMARTS) is 1. The third-order valence-electron chi connectivity index (χ3n) is 5.55. The van der Waals surface area contributed by atoms with Crippen LogP contribution >= 0.6 is 11.8 Å². The molecule has 0 fully saturated rings. The highest BCUT2D eigenvalue weighted by molar-refractivity contribution is 7.98. The summed E-state index contributed by atoms with van der Waals surface area (Å²) in [6.45, 7) is 3.84. The van der Waals surface area contributed by atoms with Gasteiger partial charge in [-0.25, -0.2) is 9.59 Å². The van der Waals surface area contributed by atoms with Crippen molar-refractivity contribution in [3.63, 3.8) is 0 Å². The van der Waals surface area contributed by atoms with Crippen molar-refractivity contribution >= 4 is 23.8 Å². The molecule has 0 spiro atoms. The van der Waals surface area contributed by atoms with Gasteiger partial charge in [0.2, 0.25) is 0 Å². The summed E-state index contributed by atoms with van der Waals surface area (Å²) in [5, 5.41) is 9.72. The fraction of sp³-hybridized carbons (Fsp3) is 0.417. The Morgan fingerprint density at radius 3 is 2.13 bits per heavy atom. The highest BCUT2D eigenvalue weighted by Gasteiger charge is 2.34. The minimum absolute atomic E-state index is 0.0462. The van der Waals surface area contributed by atoms with Gasteiger partial charge in [0.15, 0.2) is 0 Å². The molecule has 0 aromatic heterocycles. The van der Waals surface area contributed by atoms with Crippen LogP contribution in [0.5, 0.6) is 0 Å². The van der Waals surface area contributed by atoms with Crippen LogP contribution in [0.25, 0.3) is 11.1 Å². The molecule has 1 N–H and O–H groups in total. The lowest BCUT2D eigenvalue weighted by Gasteiger charge is -2.32. The molecule has 30 heavy (non-hydrogen) atoms. The first-order chi connectivity index (χ1) is 14.5. The van der Waals surface area contributed by atoms with Crippen molar-refractivity contribution in [3.8, 4) is 11.1 Å². The van der Waals surface area contributed by atoms with Crippen LogP contribution in [0, 0.1) is 0 Å². The Labute approximate surface area is 182 Å². The third-order valence-corrected chi connectivity index (χ3v) is 6.25. The number of hydrogen-bond acceptors (Lipinski definition) is 4. The Bertz CT molecular complexity index is 853. The number of hydrogen-bond donors (Lipinski definition) is 1. The van der Waals surface area contributed by atoms with Crippen LogP contribution in [0.2, 0.25) is 0 Å². The van der Waals surface area contributed by atoms with E-state index in [1.807, 2.05) is 44.4 Å². The van der Waals surface area contributed by atoms with Crippen LogP contribution in [0.3, 0.4) is 0 Å². The Hall–Kier alpha value is -2.47. The highest BCUT2D eigenvalue weighted by Crippen LogP contribution is 2.44. The fourth-order valence-electron chi connectivity index (χ4n) is 4.17. The summed E-state index contributed by atoms with van der Waals surface area (Å²) < 4.78 is 5.72. The number of benzene rings is 2. The van der Waals surface area contributed by atoms with E-state index in [1.165, 1.54) is 4.90 Å². The maximum absolute atomic E-state index is 13.0. The molecule has 160 valence electrons. The highest BCUT2D eigenvalue weighted by atomic mass is 32.2. The number of rotatable bonds is 9. The average molecular weight is 428 g/mol. The predicted octanol–water partition coefficient (Wildman–Crippen LogP) is 5.24. The summed E-state index contributed by atoms with van der Waals surface area (Å²) in [7, 11) is 0. The van der Waals surface area contributed by atoms with Crippen LogP contribution in [-0.2, 0) is 9.53 Å². The molecule has 2 aromatic rings. The summed E-state index contributed by atoms with van der Waals surface area (Å²) in [4.78, 5) is 26.2.